The van der Waals surface area contributed by atoms with E-state index in [1.54, 1.807) is 18.0 Å². The molecule has 0 amide bonds. The number of thioether (sulfide) groups is 1. The molecule has 84 valence electrons. The van der Waals surface area contributed by atoms with E-state index in [1.165, 1.54) is 0 Å². The van der Waals surface area contributed by atoms with E-state index < -0.39 is 0 Å². The van der Waals surface area contributed by atoms with Gasteiger partial charge in [0, 0.05) is 16.8 Å². The molecule has 3 nitrogen and oxygen atoms in total. The van der Waals surface area contributed by atoms with Crippen LogP contribution in [0.1, 0.15) is 0 Å². The van der Waals surface area contributed by atoms with Crippen molar-refractivity contribution in [1.82, 2.24) is 9.78 Å². The minimum atomic E-state index is 0.697. The van der Waals surface area contributed by atoms with Gasteiger partial charge in [0.2, 0.25) is 0 Å². The van der Waals surface area contributed by atoms with Crippen LogP contribution in [0, 0.1) is 0 Å². The predicted octanol–water partition coefficient (Wildman–Crippen LogP) is 2.91. The summed E-state index contributed by atoms with van der Waals surface area (Å²) in [7, 11) is 0. The van der Waals surface area contributed by atoms with Gasteiger partial charge in [0.05, 0.1) is 23.5 Å². The first-order valence-corrected chi connectivity index (χ1v) is 6.27. The van der Waals surface area contributed by atoms with Crippen LogP contribution in [0.4, 0.5) is 5.69 Å². The second-order valence-corrected chi connectivity index (χ2v) is 4.86. The van der Waals surface area contributed by atoms with Crippen molar-refractivity contribution in [3.8, 4) is 0 Å². The number of anilines is 1. The summed E-state index contributed by atoms with van der Waals surface area (Å²) in [4.78, 5) is 1.10. The number of aromatic nitrogens is 2. The maximum absolute atomic E-state index is 6.05. The Hall–Kier alpha value is -1.13. The average molecular weight is 254 g/mol. The number of aryl methyl sites for hydroxylation is 1. The monoisotopic (exact) mass is 253 g/mol. The maximum atomic E-state index is 6.05. The van der Waals surface area contributed by atoms with Gasteiger partial charge in [-0.2, -0.15) is 5.10 Å². The van der Waals surface area contributed by atoms with E-state index in [0.29, 0.717) is 5.69 Å². The number of halogens is 1. The molecule has 0 aliphatic carbocycles. The van der Waals surface area contributed by atoms with Gasteiger partial charge in [-0.25, -0.2) is 0 Å². The summed E-state index contributed by atoms with van der Waals surface area (Å²) >= 11 is 7.76. The van der Waals surface area contributed by atoms with E-state index in [2.05, 4.69) is 5.10 Å². The minimum absolute atomic E-state index is 0.697. The van der Waals surface area contributed by atoms with Crippen molar-refractivity contribution in [3.63, 3.8) is 0 Å². The molecule has 1 heterocycles. The highest BCUT2D eigenvalue weighted by atomic mass is 35.5. The number of benzene rings is 1. The van der Waals surface area contributed by atoms with Crippen LogP contribution in [0.5, 0.6) is 0 Å². The molecule has 0 aliphatic heterocycles. The average Bonchev–Trinajstić information content (AvgIpc) is 2.67. The van der Waals surface area contributed by atoms with E-state index in [-0.39, 0.29) is 0 Å². The van der Waals surface area contributed by atoms with Gasteiger partial charge in [-0.05, 0) is 12.1 Å². The predicted molar refractivity (Wildman–Crippen MR) is 68.8 cm³/mol. The van der Waals surface area contributed by atoms with Crippen LogP contribution in [-0.2, 0) is 6.54 Å². The first-order chi connectivity index (χ1) is 7.75. The highest BCUT2D eigenvalue weighted by Crippen LogP contribution is 2.26. The van der Waals surface area contributed by atoms with Gasteiger partial charge < -0.3 is 5.73 Å². The summed E-state index contributed by atoms with van der Waals surface area (Å²) < 4.78 is 1.83. The Morgan fingerprint density at radius 2 is 2.19 bits per heavy atom. The molecule has 2 aromatic rings. The third-order valence-electron chi connectivity index (χ3n) is 2.07. The fraction of sp³-hybridized carbons (Fsp3) is 0.182. The van der Waals surface area contributed by atoms with Crippen molar-refractivity contribution in [1.29, 1.82) is 0 Å². The third-order valence-corrected chi connectivity index (χ3v) is 3.56. The molecule has 5 heteroatoms. The van der Waals surface area contributed by atoms with Gasteiger partial charge in [0.25, 0.3) is 0 Å². The molecule has 0 bridgehead atoms. The number of nitrogens with zero attached hydrogens (tertiary/aromatic N) is 2. The highest BCUT2D eigenvalue weighted by Gasteiger charge is 2.00. The number of hydrogen-bond donors (Lipinski definition) is 1. The normalized spacial score (nSPS) is 10.6. The second kappa shape index (κ2) is 5.27. The number of hydrogen-bond acceptors (Lipinski definition) is 3. The quantitative estimate of drug-likeness (QED) is 0.852. The number of nitrogen functional groups attached to an aromatic ring is 1. The largest absolute Gasteiger partial charge is 0.396 e. The first kappa shape index (κ1) is 11.4. The Morgan fingerprint density at radius 1 is 1.38 bits per heavy atom. The zero-order valence-corrected chi connectivity index (χ0v) is 10.2. The van der Waals surface area contributed by atoms with Gasteiger partial charge in [0.15, 0.2) is 0 Å². The third kappa shape index (κ3) is 2.93. The Balaban J connectivity index is 1.87. The molecule has 2 rings (SSSR count). The van der Waals surface area contributed by atoms with Gasteiger partial charge in [-0.15, -0.1) is 11.8 Å². The molecule has 0 saturated heterocycles. The molecule has 0 fully saturated rings. The SMILES string of the molecule is Nc1cnn(CCSc2ccccc2Cl)c1. The molecule has 0 radical (unpaired) electrons. The lowest BCUT2D eigenvalue weighted by Gasteiger charge is -2.03. The lowest BCUT2D eigenvalue weighted by molar-refractivity contribution is 0.666. The summed E-state index contributed by atoms with van der Waals surface area (Å²) in [6.07, 6.45) is 3.48. The lowest BCUT2D eigenvalue weighted by Crippen LogP contribution is -2.00. The fourth-order valence-corrected chi connectivity index (χ4v) is 2.49. The minimum Gasteiger partial charge on any atom is -0.396 e. The van der Waals surface area contributed by atoms with Crippen molar-refractivity contribution in [2.75, 3.05) is 11.5 Å². The summed E-state index contributed by atoms with van der Waals surface area (Å²) in [5, 5.41) is 4.91. The molecular formula is C11H12ClN3S. The molecular weight excluding hydrogens is 242 g/mol. The van der Waals surface area contributed by atoms with Gasteiger partial charge in [-0.3, -0.25) is 4.68 Å². The summed E-state index contributed by atoms with van der Waals surface area (Å²) in [6.45, 7) is 0.826. The smallest absolute Gasteiger partial charge is 0.0719 e. The Bertz CT molecular complexity index is 470. The van der Waals surface area contributed by atoms with Crippen molar-refractivity contribution in [2.24, 2.45) is 0 Å². The van der Waals surface area contributed by atoms with Crippen LogP contribution in [0.2, 0.25) is 5.02 Å². The van der Waals surface area contributed by atoms with Crippen LogP contribution in [0.25, 0.3) is 0 Å². The van der Waals surface area contributed by atoms with E-state index in [0.717, 1.165) is 22.2 Å². The summed E-state index contributed by atoms with van der Waals surface area (Å²) in [5.74, 6) is 0.921. The number of nitrogens with two attached hydrogens (primary N) is 1. The molecule has 16 heavy (non-hydrogen) atoms. The molecule has 0 unspecified atom stereocenters. The van der Waals surface area contributed by atoms with Crippen molar-refractivity contribution >= 4 is 29.1 Å². The molecule has 1 aromatic heterocycles. The maximum Gasteiger partial charge on any atom is 0.0719 e. The van der Waals surface area contributed by atoms with Crippen molar-refractivity contribution in [2.45, 2.75) is 11.4 Å². The highest BCUT2D eigenvalue weighted by molar-refractivity contribution is 7.99. The van der Waals surface area contributed by atoms with E-state index in [4.69, 9.17) is 17.3 Å². The summed E-state index contributed by atoms with van der Waals surface area (Å²) in [5.41, 5.74) is 6.27. The van der Waals surface area contributed by atoms with Crippen molar-refractivity contribution < 1.29 is 0 Å². The fourth-order valence-electron chi connectivity index (χ4n) is 1.31. The molecule has 0 spiro atoms. The summed E-state index contributed by atoms with van der Waals surface area (Å²) in [6, 6.07) is 7.83. The Kier molecular flexibility index (Phi) is 3.74. The van der Waals surface area contributed by atoms with E-state index in [9.17, 15) is 0 Å². The molecule has 0 atom stereocenters. The number of rotatable bonds is 4. The molecule has 1 aromatic carbocycles. The molecule has 0 saturated carbocycles. The van der Waals surface area contributed by atoms with Gasteiger partial charge in [0.1, 0.15) is 0 Å². The standard InChI is InChI=1S/C11H12ClN3S/c12-10-3-1-2-4-11(10)16-6-5-15-8-9(13)7-14-15/h1-4,7-8H,5-6,13H2. The van der Waals surface area contributed by atoms with Gasteiger partial charge >= 0.3 is 0 Å². The topological polar surface area (TPSA) is 43.8 Å². The van der Waals surface area contributed by atoms with Crippen LogP contribution in [0.3, 0.4) is 0 Å². The van der Waals surface area contributed by atoms with E-state index >= 15 is 0 Å². The van der Waals surface area contributed by atoms with Crippen LogP contribution >= 0.6 is 23.4 Å². The van der Waals surface area contributed by atoms with Crippen LogP contribution in [0.15, 0.2) is 41.6 Å². The lowest BCUT2D eigenvalue weighted by atomic mass is 10.4. The van der Waals surface area contributed by atoms with Gasteiger partial charge in [-0.1, -0.05) is 23.7 Å². The van der Waals surface area contributed by atoms with Crippen molar-refractivity contribution in [3.05, 3.63) is 41.7 Å². The zero-order chi connectivity index (χ0) is 11.4. The zero-order valence-electron chi connectivity index (χ0n) is 8.64. The first-order valence-electron chi connectivity index (χ1n) is 4.91. The second-order valence-electron chi connectivity index (χ2n) is 3.32. The van der Waals surface area contributed by atoms with E-state index in [1.807, 2.05) is 35.1 Å². The Morgan fingerprint density at radius 3 is 2.88 bits per heavy atom. The molecule has 0 aliphatic rings. The van der Waals surface area contributed by atoms with Crippen LogP contribution < -0.4 is 5.73 Å². The Labute approximate surface area is 104 Å². The molecule has 2 N–H and O–H groups in total. The van der Waals surface area contributed by atoms with Crippen LogP contribution in [-0.4, -0.2) is 15.5 Å².